The minimum absolute atomic E-state index is 0.0713. The van der Waals surface area contributed by atoms with Crippen LogP contribution in [0.15, 0.2) is 36.4 Å². The maximum absolute atomic E-state index is 15.4. The van der Waals surface area contributed by atoms with Crippen molar-refractivity contribution < 1.29 is 23.9 Å². The van der Waals surface area contributed by atoms with Gasteiger partial charge >= 0.3 is 0 Å². The van der Waals surface area contributed by atoms with Gasteiger partial charge in [0.1, 0.15) is 11.9 Å². The van der Waals surface area contributed by atoms with Gasteiger partial charge in [-0.3, -0.25) is 29.5 Å². The van der Waals surface area contributed by atoms with Crippen LogP contribution in [-0.2, 0) is 9.59 Å². The molecule has 3 atom stereocenters. The van der Waals surface area contributed by atoms with E-state index in [2.05, 4.69) is 27.2 Å². The van der Waals surface area contributed by atoms with E-state index in [0.29, 0.717) is 30.4 Å². The Morgan fingerprint density at radius 2 is 1.63 bits per heavy atom. The number of fused-ring (bicyclic) bond motifs is 1. The number of anilines is 3. The van der Waals surface area contributed by atoms with Crippen molar-refractivity contribution >= 4 is 34.8 Å². The lowest BCUT2D eigenvalue weighted by atomic mass is 9.76. The van der Waals surface area contributed by atoms with E-state index < -0.39 is 35.8 Å². The van der Waals surface area contributed by atoms with Crippen LogP contribution < -0.4 is 20.9 Å². The fourth-order valence-electron chi connectivity index (χ4n) is 8.07. The van der Waals surface area contributed by atoms with Crippen molar-refractivity contribution in [3.05, 3.63) is 53.3 Å². The van der Waals surface area contributed by atoms with Crippen molar-refractivity contribution in [1.29, 1.82) is 0 Å². The van der Waals surface area contributed by atoms with Crippen LogP contribution >= 0.6 is 0 Å². The second-order valence-corrected chi connectivity index (χ2v) is 12.9. The highest BCUT2D eigenvalue weighted by Crippen LogP contribution is 2.49. The SMILES string of the molecule is Nc1ccc(N2CCN(C3CCC4(CCN(c5cc6c(cc5F)C(=O)N(C5CCC(=O)NC5=O)C6O)CC4)C3)CC2)cc1. The van der Waals surface area contributed by atoms with Crippen LogP contribution in [0.1, 0.15) is 67.1 Å². The van der Waals surface area contributed by atoms with Gasteiger partial charge in [0, 0.05) is 68.7 Å². The predicted molar refractivity (Wildman–Crippen MR) is 160 cm³/mol. The molecule has 2 aromatic carbocycles. The molecule has 3 saturated heterocycles. The molecule has 0 bridgehead atoms. The number of hydrogen-bond acceptors (Lipinski definition) is 8. The molecule has 4 aliphatic heterocycles. The van der Waals surface area contributed by atoms with E-state index in [1.165, 1.54) is 31.0 Å². The molecule has 10 nitrogen and oxygen atoms in total. The van der Waals surface area contributed by atoms with Gasteiger partial charge in [-0.15, -0.1) is 0 Å². The lowest BCUT2D eigenvalue weighted by Crippen LogP contribution is -2.53. The Morgan fingerprint density at radius 1 is 0.907 bits per heavy atom. The minimum atomic E-state index is -1.36. The molecule has 5 aliphatic rings. The number of nitrogens with zero attached hydrogens (tertiary/aromatic N) is 4. The Kier molecular flexibility index (Phi) is 7.04. The highest BCUT2D eigenvalue weighted by Gasteiger charge is 2.46. The zero-order valence-corrected chi connectivity index (χ0v) is 24.3. The Morgan fingerprint density at radius 3 is 2.33 bits per heavy atom. The number of aliphatic hydroxyl groups excluding tert-OH is 1. The highest BCUT2D eigenvalue weighted by molar-refractivity contribution is 6.06. The molecule has 4 heterocycles. The summed E-state index contributed by atoms with van der Waals surface area (Å²) < 4.78 is 15.4. The van der Waals surface area contributed by atoms with Crippen LogP contribution in [0.25, 0.3) is 0 Å². The summed E-state index contributed by atoms with van der Waals surface area (Å²) in [5.74, 6) is -2.10. The average molecular weight is 591 g/mol. The number of amides is 3. The fourth-order valence-corrected chi connectivity index (χ4v) is 8.07. The third-order valence-electron chi connectivity index (χ3n) is 10.6. The monoisotopic (exact) mass is 590 g/mol. The first-order valence-electron chi connectivity index (χ1n) is 15.5. The number of carbonyl (C=O) groups is 3. The van der Waals surface area contributed by atoms with Crippen LogP contribution in [-0.4, -0.2) is 84.0 Å². The normalized spacial score (nSPS) is 27.6. The number of piperazine rings is 1. The Labute approximate surface area is 250 Å². The summed E-state index contributed by atoms with van der Waals surface area (Å²) in [6, 6.07) is 10.5. The summed E-state index contributed by atoms with van der Waals surface area (Å²) >= 11 is 0. The topological polar surface area (TPSA) is 122 Å². The summed E-state index contributed by atoms with van der Waals surface area (Å²) in [5.41, 5.74) is 8.90. The molecule has 228 valence electrons. The number of benzene rings is 2. The zero-order chi connectivity index (χ0) is 29.9. The highest BCUT2D eigenvalue weighted by atomic mass is 19.1. The van der Waals surface area contributed by atoms with Crippen LogP contribution in [0.4, 0.5) is 21.5 Å². The quantitative estimate of drug-likeness (QED) is 0.367. The number of nitrogens with one attached hydrogen (secondary N) is 1. The van der Waals surface area contributed by atoms with E-state index in [1.54, 1.807) is 6.07 Å². The van der Waals surface area contributed by atoms with Crippen molar-refractivity contribution in [2.45, 2.75) is 63.3 Å². The van der Waals surface area contributed by atoms with Gasteiger partial charge in [0.05, 0.1) is 11.3 Å². The van der Waals surface area contributed by atoms with E-state index >= 15 is 4.39 Å². The van der Waals surface area contributed by atoms with Gasteiger partial charge in [-0.25, -0.2) is 4.39 Å². The van der Waals surface area contributed by atoms with Gasteiger partial charge < -0.3 is 20.6 Å². The Balaban J connectivity index is 0.974. The standard InChI is InChI=1S/C32H39FN6O4/c33-25-17-23-24(31(43)39(30(23)42)26-5-6-28(40)35-29(26)41)18-27(25)38-11-9-32(10-12-38)8-7-22(19-32)37-15-13-36(14-16-37)21-3-1-20(34)2-4-21/h1-4,17-18,22,26,31,43H,5-16,19,34H2,(H,35,40,41). The minimum Gasteiger partial charge on any atom is -0.399 e. The van der Waals surface area contributed by atoms with Gasteiger partial charge in [0.25, 0.3) is 5.91 Å². The summed E-state index contributed by atoms with van der Waals surface area (Å²) in [6.07, 6.45) is 4.36. The molecule has 1 spiro atoms. The van der Waals surface area contributed by atoms with Gasteiger partial charge in [-0.1, -0.05) is 0 Å². The molecule has 1 aliphatic carbocycles. The first kappa shape index (κ1) is 28.1. The maximum Gasteiger partial charge on any atom is 0.257 e. The molecular formula is C32H39FN6O4. The van der Waals surface area contributed by atoms with Crippen LogP contribution in [0.2, 0.25) is 0 Å². The molecule has 3 unspecified atom stereocenters. The van der Waals surface area contributed by atoms with Crippen molar-refractivity contribution in [3.8, 4) is 0 Å². The van der Waals surface area contributed by atoms with Crippen molar-refractivity contribution in [2.75, 3.05) is 54.8 Å². The number of hydrogen-bond donors (Lipinski definition) is 3. The molecule has 4 N–H and O–H groups in total. The Hall–Kier alpha value is -3.70. The molecule has 43 heavy (non-hydrogen) atoms. The third-order valence-corrected chi connectivity index (χ3v) is 10.6. The van der Waals surface area contributed by atoms with Crippen molar-refractivity contribution in [2.24, 2.45) is 5.41 Å². The first-order chi connectivity index (χ1) is 20.7. The number of piperidine rings is 2. The largest absolute Gasteiger partial charge is 0.399 e. The molecule has 3 amide bonds. The number of nitrogen functional groups attached to an aromatic ring is 1. The van der Waals surface area contributed by atoms with Crippen molar-refractivity contribution in [1.82, 2.24) is 15.1 Å². The van der Waals surface area contributed by atoms with Crippen LogP contribution in [0, 0.1) is 11.2 Å². The summed E-state index contributed by atoms with van der Waals surface area (Å²) in [6.45, 7) is 5.55. The van der Waals surface area contributed by atoms with Gasteiger partial charge in [-0.2, -0.15) is 0 Å². The number of aliphatic hydroxyl groups is 1. The maximum atomic E-state index is 15.4. The van der Waals surface area contributed by atoms with E-state index in [-0.39, 0.29) is 23.8 Å². The first-order valence-corrected chi connectivity index (χ1v) is 15.5. The lowest BCUT2D eigenvalue weighted by Gasteiger charge is -2.42. The van der Waals surface area contributed by atoms with Crippen LogP contribution in [0.5, 0.6) is 0 Å². The summed E-state index contributed by atoms with van der Waals surface area (Å²) in [7, 11) is 0. The third kappa shape index (κ3) is 5.02. The zero-order valence-electron chi connectivity index (χ0n) is 24.3. The summed E-state index contributed by atoms with van der Waals surface area (Å²) in [5, 5.41) is 13.3. The second-order valence-electron chi connectivity index (χ2n) is 12.9. The van der Waals surface area contributed by atoms with E-state index in [0.717, 1.165) is 49.6 Å². The summed E-state index contributed by atoms with van der Waals surface area (Å²) in [4.78, 5) is 45.3. The van der Waals surface area contributed by atoms with Gasteiger partial charge in [0.2, 0.25) is 11.8 Å². The predicted octanol–water partition coefficient (Wildman–Crippen LogP) is 2.62. The molecule has 7 rings (SSSR count). The second kappa shape index (κ2) is 10.8. The van der Waals surface area contributed by atoms with Crippen molar-refractivity contribution in [3.63, 3.8) is 0 Å². The molecule has 11 heteroatoms. The molecule has 0 radical (unpaired) electrons. The van der Waals surface area contributed by atoms with Gasteiger partial charge in [0.15, 0.2) is 6.23 Å². The molecule has 4 fully saturated rings. The van der Waals surface area contributed by atoms with Crippen LogP contribution in [0.3, 0.4) is 0 Å². The average Bonchev–Trinajstić information content (AvgIpc) is 3.52. The van der Waals surface area contributed by atoms with Gasteiger partial charge in [-0.05, 0) is 80.3 Å². The number of imide groups is 1. The number of nitrogens with two attached hydrogens (primary N) is 1. The molecule has 0 aromatic heterocycles. The van der Waals surface area contributed by atoms with E-state index in [1.807, 2.05) is 17.0 Å². The smallest absolute Gasteiger partial charge is 0.257 e. The van der Waals surface area contributed by atoms with E-state index in [9.17, 15) is 19.5 Å². The fraction of sp³-hybridized carbons (Fsp3) is 0.531. The lowest BCUT2D eigenvalue weighted by molar-refractivity contribution is -0.139. The number of rotatable bonds is 4. The van der Waals surface area contributed by atoms with E-state index in [4.69, 9.17) is 5.73 Å². The Bertz CT molecular complexity index is 1430. The molecule has 2 aromatic rings. The number of halogens is 1. The molecule has 1 saturated carbocycles. The number of carbonyl (C=O) groups excluding carboxylic acids is 3. The molecular weight excluding hydrogens is 551 g/mol.